The van der Waals surface area contributed by atoms with Gasteiger partial charge in [0.15, 0.2) is 16.7 Å². The molecule has 1 N–H and O–H groups in total. The summed E-state index contributed by atoms with van der Waals surface area (Å²) in [6.45, 7) is 1.74. The summed E-state index contributed by atoms with van der Waals surface area (Å²) in [6, 6.07) is 14.0. The van der Waals surface area contributed by atoms with Crippen molar-refractivity contribution in [1.29, 1.82) is 5.26 Å². The molecule has 1 aromatic carbocycles. The van der Waals surface area contributed by atoms with Gasteiger partial charge in [0, 0.05) is 5.56 Å². The fraction of sp³-hybridized carbons (Fsp3) is 0.111. The van der Waals surface area contributed by atoms with Crippen LogP contribution in [0.3, 0.4) is 0 Å². The molecule has 0 unspecified atom stereocenters. The Morgan fingerprint density at radius 1 is 1.28 bits per heavy atom. The minimum Gasteiger partial charge on any atom is -0.463 e. The van der Waals surface area contributed by atoms with Crippen LogP contribution in [0.25, 0.3) is 11.5 Å². The van der Waals surface area contributed by atoms with Crippen LogP contribution in [0.15, 0.2) is 63.1 Å². The number of furan rings is 1. The van der Waals surface area contributed by atoms with Crippen molar-refractivity contribution < 1.29 is 9.21 Å². The van der Waals surface area contributed by atoms with Gasteiger partial charge in [-0.25, -0.2) is 4.98 Å². The Bertz CT molecular complexity index is 989. The van der Waals surface area contributed by atoms with Gasteiger partial charge < -0.3 is 9.40 Å². The van der Waals surface area contributed by atoms with Crippen LogP contribution in [0.1, 0.15) is 22.8 Å². The van der Waals surface area contributed by atoms with Crippen LogP contribution in [0.4, 0.5) is 0 Å². The molecular formula is C18H13N3O3S. The first-order valence-electron chi connectivity index (χ1n) is 7.44. The Hall–Kier alpha value is -3.11. The molecule has 0 aliphatic carbocycles. The lowest BCUT2D eigenvalue weighted by Gasteiger charge is -2.10. The largest absolute Gasteiger partial charge is 0.463 e. The molecule has 25 heavy (non-hydrogen) atoms. The van der Waals surface area contributed by atoms with Crippen LogP contribution >= 0.6 is 11.8 Å². The van der Waals surface area contributed by atoms with Crippen LogP contribution in [0.5, 0.6) is 0 Å². The van der Waals surface area contributed by atoms with Crippen molar-refractivity contribution >= 4 is 17.5 Å². The number of H-pyrrole nitrogens is 1. The maximum Gasteiger partial charge on any atom is 0.270 e. The Kier molecular flexibility index (Phi) is 4.82. The number of Topliss-reactive ketones (excluding diaryl/α,β-unsaturated/α-hetero) is 1. The molecule has 2 heterocycles. The average molecular weight is 351 g/mol. The van der Waals surface area contributed by atoms with E-state index in [2.05, 4.69) is 9.97 Å². The maximum atomic E-state index is 12.5. The number of ketones is 1. The second-order valence-electron chi connectivity index (χ2n) is 5.17. The molecule has 3 aromatic rings. The highest BCUT2D eigenvalue weighted by Gasteiger charge is 2.20. The molecule has 0 bridgehead atoms. The number of benzene rings is 1. The van der Waals surface area contributed by atoms with Crippen molar-refractivity contribution in [3.8, 4) is 17.5 Å². The zero-order valence-electron chi connectivity index (χ0n) is 13.2. The number of aromatic nitrogens is 2. The first kappa shape index (κ1) is 16.7. The number of hydrogen-bond donors (Lipinski definition) is 1. The van der Waals surface area contributed by atoms with Gasteiger partial charge in [0.2, 0.25) is 0 Å². The Morgan fingerprint density at radius 2 is 2.04 bits per heavy atom. The molecule has 2 aromatic heterocycles. The van der Waals surface area contributed by atoms with E-state index in [0.29, 0.717) is 11.3 Å². The predicted octanol–water partition coefficient (Wildman–Crippen LogP) is 3.27. The summed E-state index contributed by atoms with van der Waals surface area (Å²) in [5.41, 5.74) is 0.0648. The summed E-state index contributed by atoms with van der Waals surface area (Å²) in [4.78, 5) is 31.5. The highest BCUT2D eigenvalue weighted by atomic mass is 32.2. The summed E-state index contributed by atoms with van der Waals surface area (Å²) in [6.07, 6.45) is 1.44. The zero-order valence-corrected chi connectivity index (χ0v) is 14.0. The van der Waals surface area contributed by atoms with E-state index in [1.807, 2.05) is 12.1 Å². The van der Waals surface area contributed by atoms with Crippen LogP contribution in [0.2, 0.25) is 0 Å². The first-order valence-corrected chi connectivity index (χ1v) is 8.32. The third kappa shape index (κ3) is 3.54. The molecule has 0 aliphatic heterocycles. The highest BCUT2D eigenvalue weighted by Crippen LogP contribution is 2.26. The lowest BCUT2D eigenvalue weighted by atomic mass is 10.1. The van der Waals surface area contributed by atoms with E-state index in [4.69, 9.17) is 4.42 Å². The quantitative estimate of drug-likeness (QED) is 0.430. The van der Waals surface area contributed by atoms with E-state index in [1.54, 1.807) is 43.3 Å². The first-order chi connectivity index (χ1) is 12.1. The molecular weight excluding hydrogens is 338 g/mol. The normalized spacial score (nSPS) is 11.7. The Morgan fingerprint density at radius 3 is 2.68 bits per heavy atom. The van der Waals surface area contributed by atoms with Gasteiger partial charge in [0.25, 0.3) is 5.56 Å². The number of nitrogens with zero attached hydrogens (tertiary/aromatic N) is 2. The molecule has 6 nitrogen and oxygen atoms in total. The number of aromatic amines is 1. The highest BCUT2D eigenvalue weighted by molar-refractivity contribution is 8.00. The second-order valence-corrected chi connectivity index (χ2v) is 6.50. The Labute approximate surface area is 147 Å². The molecule has 7 heteroatoms. The predicted molar refractivity (Wildman–Crippen MR) is 93.4 cm³/mol. The number of hydrogen-bond acceptors (Lipinski definition) is 6. The minimum atomic E-state index is -0.564. The molecule has 0 saturated carbocycles. The fourth-order valence-corrected chi connectivity index (χ4v) is 3.14. The van der Waals surface area contributed by atoms with Crippen molar-refractivity contribution in [2.24, 2.45) is 0 Å². The van der Waals surface area contributed by atoms with Crippen molar-refractivity contribution in [3.05, 3.63) is 70.2 Å². The van der Waals surface area contributed by atoms with Gasteiger partial charge in [-0.3, -0.25) is 9.59 Å². The lowest BCUT2D eigenvalue weighted by molar-refractivity contribution is 0.0994. The van der Waals surface area contributed by atoms with Gasteiger partial charge in [0.1, 0.15) is 17.3 Å². The Balaban J connectivity index is 1.92. The van der Waals surface area contributed by atoms with E-state index in [0.717, 1.165) is 11.8 Å². The maximum absolute atomic E-state index is 12.5. The van der Waals surface area contributed by atoms with Gasteiger partial charge >= 0.3 is 0 Å². The SMILES string of the molecule is C[C@H](Sc1nc(-c2ccco2)c(C#N)c(=O)[nH]1)C(=O)c1ccccc1. The number of nitriles is 1. The summed E-state index contributed by atoms with van der Waals surface area (Å²) >= 11 is 1.12. The molecule has 1 atom stereocenters. The van der Waals surface area contributed by atoms with Gasteiger partial charge in [0.05, 0.1) is 11.5 Å². The summed E-state index contributed by atoms with van der Waals surface area (Å²) in [5, 5.41) is 9.00. The number of thioether (sulfide) groups is 1. The van der Waals surface area contributed by atoms with E-state index >= 15 is 0 Å². The van der Waals surface area contributed by atoms with E-state index in [-0.39, 0.29) is 22.2 Å². The molecule has 0 amide bonds. The van der Waals surface area contributed by atoms with Gasteiger partial charge in [-0.15, -0.1) is 0 Å². The van der Waals surface area contributed by atoms with E-state index in [1.165, 1.54) is 6.26 Å². The number of carbonyl (C=O) groups excluding carboxylic acids is 1. The monoisotopic (exact) mass is 351 g/mol. The molecule has 0 spiro atoms. The standard InChI is InChI=1S/C18H13N3O3S/c1-11(16(22)12-6-3-2-4-7-12)25-18-20-15(14-8-5-9-24-14)13(10-19)17(23)21-18/h2-9,11H,1H3,(H,20,21,23)/t11-/m0/s1. The van der Waals surface area contributed by atoms with Crippen molar-refractivity contribution in [2.75, 3.05) is 0 Å². The summed E-state index contributed by atoms with van der Waals surface area (Å²) in [5.74, 6) is 0.253. The van der Waals surface area contributed by atoms with Crippen LogP contribution in [0, 0.1) is 11.3 Å². The number of nitrogens with one attached hydrogen (secondary N) is 1. The van der Waals surface area contributed by atoms with Crippen LogP contribution in [-0.4, -0.2) is 21.0 Å². The van der Waals surface area contributed by atoms with Crippen LogP contribution < -0.4 is 5.56 Å². The van der Waals surface area contributed by atoms with Crippen LogP contribution in [-0.2, 0) is 0 Å². The molecule has 0 aliphatic rings. The second kappa shape index (κ2) is 7.20. The minimum absolute atomic E-state index is 0.0721. The summed E-state index contributed by atoms with van der Waals surface area (Å²) < 4.78 is 5.25. The molecule has 124 valence electrons. The molecule has 3 rings (SSSR count). The van der Waals surface area contributed by atoms with E-state index < -0.39 is 10.8 Å². The number of carbonyl (C=O) groups is 1. The van der Waals surface area contributed by atoms with Crippen molar-refractivity contribution in [2.45, 2.75) is 17.3 Å². The lowest BCUT2D eigenvalue weighted by Crippen LogP contribution is -2.18. The van der Waals surface area contributed by atoms with Gasteiger partial charge in [-0.1, -0.05) is 42.1 Å². The van der Waals surface area contributed by atoms with Crippen molar-refractivity contribution in [3.63, 3.8) is 0 Å². The van der Waals surface area contributed by atoms with E-state index in [9.17, 15) is 14.9 Å². The average Bonchev–Trinajstić information content (AvgIpc) is 3.16. The third-order valence-electron chi connectivity index (χ3n) is 3.48. The van der Waals surface area contributed by atoms with Crippen molar-refractivity contribution in [1.82, 2.24) is 9.97 Å². The third-order valence-corrected chi connectivity index (χ3v) is 4.46. The zero-order chi connectivity index (χ0) is 17.8. The molecule has 0 radical (unpaired) electrons. The smallest absolute Gasteiger partial charge is 0.270 e. The van der Waals surface area contributed by atoms with Gasteiger partial charge in [-0.2, -0.15) is 5.26 Å². The topological polar surface area (TPSA) is 99.8 Å². The summed E-state index contributed by atoms with van der Waals surface area (Å²) in [7, 11) is 0. The molecule has 0 saturated heterocycles. The number of rotatable bonds is 5. The fourth-order valence-electron chi connectivity index (χ4n) is 2.26. The van der Waals surface area contributed by atoms with Gasteiger partial charge in [-0.05, 0) is 19.1 Å². The molecule has 0 fully saturated rings.